The van der Waals surface area contributed by atoms with E-state index in [0.717, 1.165) is 18.4 Å². The molecule has 0 bridgehead atoms. The summed E-state index contributed by atoms with van der Waals surface area (Å²) in [6, 6.07) is 7.45. The lowest BCUT2D eigenvalue weighted by Gasteiger charge is -2.19. The summed E-state index contributed by atoms with van der Waals surface area (Å²) in [6.07, 6.45) is 1.71. The van der Waals surface area contributed by atoms with Crippen LogP contribution >= 0.6 is 11.3 Å². The van der Waals surface area contributed by atoms with Crippen molar-refractivity contribution in [2.24, 2.45) is 0 Å². The molecule has 0 aliphatic rings. The zero-order valence-corrected chi connectivity index (χ0v) is 19.2. The minimum absolute atomic E-state index is 0.0981. The van der Waals surface area contributed by atoms with Crippen molar-refractivity contribution in [2.75, 3.05) is 5.32 Å². The van der Waals surface area contributed by atoms with Gasteiger partial charge in [0, 0.05) is 11.6 Å². The van der Waals surface area contributed by atoms with E-state index in [1.807, 2.05) is 53.7 Å². The predicted molar refractivity (Wildman–Crippen MR) is 121 cm³/mol. The Morgan fingerprint density at radius 1 is 1.10 bits per heavy atom. The summed E-state index contributed by atoms with van der Waals surface area (Å²) in [4.78, 5) is 30.1. The fourth-order valence-electron chi connectivity index (χ4n) is 3.09. The van der Waals surface area contributed by atoms with E-state index >= 15 is 0 Å². The smallest absolute Gasteiger partial charge is 0.273 e. The average Bonchev–Trinajstić information content (AvgIpc) is 3.24. The van der Waals surface area contributed by atoms with Gasteiger partial charge < -0.3 is 5.32 Å². The number of carbonyl (C=O) groups is 2. The quantitative estimate of drug-likeness (QED) is 0.595. The molecule has 30 heavy (non-hydrogen) atoms. The van der Waals surface area contributed by atoms with E-state index in [0.29, 0.717) is 26.7 Å². The van der Waals surface area contributed by atoms with Gasteiger partial charge in [0.15, 0.2) is 16.5 Å². The largest absolute Gasteiger partial charge is 0.348 e. The van der Waals surface area contributed by atoms with Gasteiger partial charge in [-0.05, 0) is 52.7 Å². The number of hydrogen-bond acceptors (Lipinski definition) is 5. The van der Waals surface area contributed by atoms with E-state index < -0.39 is 0 Å². The SMILES string of the molecule is CCC(CC)NC(=O)c1nn(C(C)(C)C)c2nc(NC(=O)c3ccc(C)cc3)sc12. The van der Waals surface area contributed by atoms with Crippen molar-refractivity contribution in [1.82, 2.24) is 20.1 Å². The number of benzene rings is 1. The monoisotopic (exact) mass is 427 g/mol. The first kappa shape index (κ1) is 22.0. The number of aromatic nitrogens is 3. The van der Waals surface area contributed by atoms with Gasteiger partial charge in [-0.2, -0.15) is 10.1 Å². The Morgan fingerprint density at radius 2 is 1.73 bits per heavy atom. The average molecular weight is 428 g/mol. The maximum Gasteiger partial charge on any atom is 0.273 e. The standard InChI is InChI=1S/C22H29N5O2S/c1-7-15(8-2)23-20(29)16-17-18(27(26-16)22(4,5)6)24-21(30-17)25-19(28)14-11-9-13(3)10-12-14/h9-12,15H,7-8H2,1-6H3,(H,23,29)(H,24,25,28). The Balaban J connectivity index is 1.96. The highest BCUT2D eigenvalue weighted by Gasteiger charge is 2.28. The summed E-state index contributed by atoms with van der Waals surface area (Å²) < 4.78 is 2.43. The van der Waals surface area contributed by atoms with Crippen LogP contribution in [0, 0.1) is 6.92 Å². The first-order valence-corrected chi connectivity index (χ1v) is 11.0. The number of fused-ring (bicyclic) bond motifs is 1. The fourth-order valence-corrected chi connectivity index (χ4v) is 4.02. The Labute approximate surface area is 180 Å². The van der Waals surface area contributed by atoms with Gasteiger partial charge in [-0.15, -0.1) is 0 Å². The van der Waals surface area contributed by atoms with Crippen molar-refractivity contribution < 1.29 is 9.59 Å². The second kappa shape index (κ2) is 8.55. The van der Waals surface area contributed by atoms with Crippen LogP contribution in [0.1, 0.15) is 73.9 Å². The summed E-state index contributed by atoms with van der Waals surface area (Å²) >= 11 is 1.27. The first-order chi connectivity index (χ1) is 14.1. The third kappa shape index (κ3) is 4.53. The molecule has 0 atom stereocenters. The van der Waals surface area contributed by atoms with Crippen molar-refractivity contribution in [1.29, 1.82) is 0 Å². The van der Waals surface area contributed by atoms with Crippen LogP contribution in [-0.2, 0) is 5.54 Å². The minimum atomic E-state index is -0.363. The molecule has 8 heteroatoms. The zero-order chi connectivity index (χ0) is 22.1. The van der Waals surface area contributed by atoms with E-state index in [4.69, 9.17) is 0 Å². The van der Waals surface area contributed by atoms with Crippen LogP contribution in [0.4, 0.5) is 5.13 Å². The number of carbonyl (C=O) groups excluding carboxylic acids is 2. The Bertz CT molecular complexity index is 1060. The van der Waals surface area contributed by atoms with Crippen molar-refractivity contribution in [3.63, 3.8) is 0 Å². The van der Waals surface area contributed by atoms with Crippen molar-refractivity contribution >= 4 is 38.6 Å². The Kier molecular flexibility index (Phi) is 6.26. The Hall–Kier alpha value is -2.74. The van der Waals surface area contributed by atoms with Gasteiger partial charge in [-0.1, -0.05) is 42.9 Å². The van der Waals surface area contributed by atoms with Crippen LogP contribution in [-0.4, -0.2) is 32.6 Å². The van der Waals surface area contributed by atoms with Gasteiger partial charge in [0.1, 0.15) is 4.70 Å². The van der Waals surface area contributed by atoms with Gasteiger partial charge in [0.2, 0.25) is 0 Å². The molecular weight excluding hydrogens is 398 g/mol. The molecule has 2 aromatic heterocycles. The highest BCUT2D eigenvalue weighted by Crippen LogP contribution is 2.32. The second-order valence-corrected chi connectivity index (χ2v) is 9.41. The molecule has 0 unspecified atom stereocenters. The van der Waals surface area contributed by atoms with Gasteiger partial charge in [-0.25, -0.2) is 4.68 Å². The van der Waals surface area contributed by atoms with E-state index in [1.54, 1.807) is 16.8 Å². The molecule has 3 rings (SSSR count). The molecule has 0 saturated carbocycles. The lowest BCUT2D eigenvalue weighted by Crippen LogP contribution is -2.34. The van der Waals surface area contributed by atoms with E-state index in [2.05, 4.69) is 20.7 Å². The number of hydrogen-bond donors (Lipinski definition) is 2. The maximum atomic E-state index is 12.9. The summed E-state index contributed by atoms with van der Waals surface area (Å²) in [5.74, 6) is -0.443. The summed E-state index contributed by atoms with van der Waals surface area (Å²) in [6.45, 7) is 12.1. The molecule has 0 aliphatic heterocycles. The zero-order valence-electron chi connectivity index (χ0n) is 18.4. The molecule has 160 valence electrons. The minimum Gasteiger partial charge on any atom is -0.348 e. The molecule has 2 amide bonds. The van der Waals surface area contributed by atoms with Crippen molar-refractivity contribution in [3.05, 3.63) is 41.1 Å². The van der Waals surface area contributed by atoms with Gasteiger partial charge in [0.25, 0.3) is 11.8 Å². The molecule has 0 spiro atoms. The molecule has 0 radical (unpaired) electrons. The van der Waals surface area contributed by atoms with Crippen LogP contribution in [0.2, 0.25) is 0 Å². The van der Waals surface area contributed by atoms with Gasteiger partial charge >= 0.3 is 0 Å². The van der Waals surface area contributed by atoms with E-state index in [1.165, 1.54) is 11.3 Å². The molecule has 0 aliphatic carbocycles. The fraction of sp³-hybridized carbons (Fsp3) is 0.455. The number of thiazole rings is 1. The van der Waals surface area contributed by atoms with Crippen molar-refractivity contribution in [2.45, 2.75) is 66.0 Å². The summed E-state index contributed by atoms with van der Waals surface area (Å²) in [7, 11) is 0. The van der Waals surface area contributed by atoms with E-state index in [-0.39, 0.29) is 23.4 Å². The molecule has 1 aromatic carbocycles. The Morgan fingerprint density at radius 3 is 2.30 bits per heavy atom. The number of aryl methyl sites for hydroxylation is 1. The van der Waals surface area contributed by atoms with Crippen LogP contribution in [0.3, 0.4) is 0 Å². The maximum absolute atomic E-state index is 12.9. The predicted octanol–water partition coefficient (Wildman–Crippen LogP) is 4.73. The second-order valence-electron chi connectivity index (χ2n) is 8.41. The topological polar surface area (TPSA) is 88.9 Å². The first-order valence-electron chi connectivity index (χ1n) is 10.2. The molecule has 2 heterocycles. The number of rotatable bonds is 6. The molecule has 3 aromatic rings. The highest BCUT2D eigenvalue weighted by molar-refractivity contribution is 7.22. The molecule has 0 fully saturated rings. The molecular formula is C22H29N5O2S. The number of amides is 2. The third-order valence-corrected chi connectivity index (χ3v) is 5.90. The molecule has 2 N–H and O–H groups in total. The molecule has 0 saturated heterocycles. The normalized spacial score (nSPS) is 11.8. The van der Waals surface area contributed by atoms with Crippen LogP contribution in [0.5, 0.6) is 0 Å². The van der Waals surface area contributed by atoms with E-state index in [9.17, 15) is 9.59 Å². The lowest BCUT2D eigenvalue weighted by atomic mass is 10.1. The molecule has 7 nitrogen and oxygen atoms in total. The number of nitrogens with one attached hydrogen (secondary N) is 2. The third-order valence-electron chi connectivity index (χ3n) is 4.93. The lowest BCUT2D eigenvalue weighted by molar-refractivity contribution is 0.0929. The summed E-state index contributed by atoms with van der Waals surface area (Å²) in [5.41, 5.74) is 2.23. The van der Waals surface area contributed by atoms with Gasteiger partial charge in [-0.3, -0.25) is 14.9 Å². The highest BCUT2D eigenvalue weighted by atomic mass is 32.1. The van der Waals surface area contributed by atoms with Crippen LogP contribution in [0.25, 0.3) is 10.3 Å². The van der Waals surface area contributed by atoms with Crippen molar-refractivity contribution in [3.8, 4) is 0 Å². The van der Waals surface area contributed by atoms with Crippen LogP contribution < -0.4 is 10.6 Å². The van der Waals surface area contributed by atoms with Crippen LogP contribution in [0.15, 0.2) is 24.3 Å². The number of anilines is 1. The summed E-state index contributed by atoms with van der Waals surface area (Å²) in [5, 5.41) is 10.9. The number of nitrogens with zero attached hydrogens (tertiary/aromatic N) is 3. The van der Waals surface area contributed by atoms with Gasteiger partial charge in [0.05, 0.1) is 5.54 Å².